The summed E-state index contributed by atoms with van der Waals surface area (Å²) in [5, 5.41) is 0. The quantitative estimate of drug-likeness (QED) is 0.597. The van der Waals surface area contributed by atoms with Crippen LogP contribution in [0.3, 0.4) is 0 Å². The van der Waals surface area contributed by atoms with E-state index in [4.69, 9.17) is 5.73 Å². The molecule has 17 heavy (non-hydrogen) atoms. The summed E-state index contributed by atoms with van der Waals surface area (Å²) in [5.41, 5.74) is 5.94. The van der Waals surface area contributed by atoms with Crippen LogP contribution in [0.4, 0.5) is 0 Å². The van der Waals surface area contributed by atoms with Crippen LogP contribution in [0.25, 0.3) is 0 Å². The van der Waals surface area contributed by atoms with Gasteiger partial charge < -0.3 is 10.6 Å². The molecule has 0 aliphatic carbocycles. The van der Waals surface area contributed by atoms with Crippen molar-refractivity contribution in [2.24, 2.45) is 5.73 Å². The standard InChI is InChI=1S/C14H33N3/c1-6-8-9-10-14(11-15)17(7-2)13(3)12-16(4)5/h13-14H,6-12,15H2,1-5H3. The molecule has 0 aliphatic heterocycles. The largest absolute Gasteiger partial charge is 0.329 e. The van der Waals surface area contributed by atoms with Gasteiger partial charge >= 0.3 is 0 Å². The van der Waals surface area contributed by atoms with E-state index in [0.29, 0.717) is 12.1 Å². The monoisotopic (exact) mass is 243 g/mol. The van der Waals surface area contributed by atoms with Gasteiger partial charge in [0.1, 0.15) is 0 Å². The van der Waals surface area contributed by atoms with Crippen molar-refractivity contribution in [2.45, 2.75) is 58.5 Å². The van der Waals surface area contributed by atoms with E-state index in [9.17, 15) is 0 Å². The van der Waals surface area contributed by atoms with Gasteiger partial charge in [0.2, 0.25) is 0 Å². The first-order chi connectivity index (χ1) is 8.06. The molecule has 3 heteroatoms. The Morgan fingerprint density at radius 2 is 1.76 bits per heavy atom. The summed E-state index contributed by atoms with van der Waals surface area (Å²) in [7, 11) is 4.28. The Kier molecular flexibility index (Phi) is 9.79. The highest BCUT2D eigenvalue weighted by molar-refractivity contribution is 4.78. The molecule has 0 spiro atoms. The van der Waals surface area contributed by atoms with Gasteiger partial charge in [-0.1, -0.05) is 33.1 Å². The topological polar surface area (TPSA) is 32.5 Å². The van der Waals surface area contributed by atoms with E-state index < -0.39 is 0 Å². The van der Waals surface area contributed by atoms with Gasteiger partial charge in [0.15, 0.2) is 0 Å². The fourth-order valence-electron chi connectivity index (χ4n) is 2.61. The zero-order chi connectivity index (χ0) is 13.3. The van der Waals surface area contributed by atoms with E-state index in [1.54, 1.807) is 0 Å². The van der Waals surface area contributed by atoms with E-state index in [2.05, 4.69) is 44.7 Å². The lowest BCUT2D eigenvalue weighted by atomic mass is 10.0. The molecule has 0 heterocycles. The van der Waals surface area contributed by atoms with Crippen molar-refractivity contribution in [1.82, 2.24) is 9.80 Å². The first kappa shape index (κ1) is 16.9. The molecule has 2 N–H and O–H groups in total. The Balaban J connectivity index is 4.25. The maximum absolute atomic E-state index is 5.94. The summed E-state index contributed by atoms with van der Waals surface area (Å²) in [6.07, 6.45) is 5.17. The average Bonchev–Trinajstić information content (AvgIpc) is 2.27. The van der Waals surface area contributed by atoms with Crippen LogP contribution in [-0.2, 0) is 0 Å². The van der Waals surface area contributed by atoms with Gasteiger partial charge in [-0.25, -0.2) is 0 Å². The molecule has 104 valence electrons. The maximum Gasteiger partial charge on any atom is 0.0221 e. The molecule has 2 atom stereocenters. The smallest absolute Gasteiger partial charge is 0.0221 e. The second-order valence-corrected chi connectivity index (χ2v) is 5.33. The van der Waals surface area contributed by atoms with E-state index >= 15 is 0 Å². The number of nitrogens with zero attached hydrogens (tertiary/aromatic N) is 2. The molecule has 0 bridgehead atoms. The number of likely N-dealkylation sites (N-methyl/N-ethyl adjacent to an activating group) is 2. The van der Waals surface area contributed by atoms with Gasteiger partial charge in [-0.05, 0) is 34.0 Å². The van der Waals surface area contributed by atoms with Crippen LogP contribution >= 0.6 is 0 Å². The Morgan fingerprint density at radius 1 is 1.12 bits per heavy atom. The summed E-state index contributed by atoms with van der Waals surface area (Å²) >= 11 is 0. The minimum atomic E-state index is 0.557. The van der Waals surface area contributed by atoms with Crippen molar-refractivity contribution in [3.63, 3.8) is 0 Å². The van der Waals surface area contributed by atoms with Crippen molar-refractivity contribution in [2.75, 3.05) is 33.7 Å². The molecule has 3 nitrogen and oxygen atoms in total. The lowest BCUT2D eigenvalue weighted by Crippen LogP contribution is -2.49. The Bertz CT molecular complexity index is 171. The van der Waals surface area contributed by atoms with Crippen LogP contribution in [0.5, 0.6) is 0 Å². The number of nitrogens with two attached hydrogens (primary N) is 1. The van der Waals surface area contributed by atoms with Crippen LogP contribution < -0.4 is 5.73 Å². The number of unbranched alkanes of at least 4 members (excludes halogenated alkanes) is 2. The summed E-state index contributed by atoms with van der Waals surface area (Å²) in [6.45, 7) is 9.81. The molecule has 0 fully saturated rings. The van der Waals surface area contributed by atoms with Crippen molar-refractivity contribution >= 4 is 0 Å². The molecular weight excluding hydrogens is 210 g/mol. The molecule has 0 aliphatic rings. The fourth-order valence-corrected chi connectivity index (χ4v) is 2.61. The van der Waals surface area contributed by atoms with Crippen molar-refractivity contribution in [3.8, 4) is 0 Å². The number of rotatable bonds is 10. The molecule has 0 aromatic heterocycles. The zero-order valence-electron chi connectivity index (χ0n) is 12.6. The molecule has 0 amide bonds. The van der Waals surface area contributed by atoms with Crippen molar-refractivity contribution < 1.29 is 0 Å². The minimum Gasteiger partial charge on any atom is -0.329 e. The van der Waals surface area contributed by atoms with Gasteiger partial charge in [-0.2, -0.15) is 0 Å². The molecule has 0 aromatic rings. The fraction of sp³-hybridized carbons (Fsp3) is 1.00. The molecular formula is C14H33N3. The molecule has 0 radical (unpaired) electrons. The summed E-state index contributed by atoms with van der Waals surface area (Å²) in [4.78, 5) is 4.82. The van der Waals surface area contributed by atoms with E-state index in [-0.39, 0.29) is 0 Å². The molecule has 0 saturated heterocycles. The normalized spacial score (nSPS) is 15.5. The highest BCUT2D eigenvalue weighted by Gasteiger charge is 2.20. The van der Waals surface area contributed by atoms with Gasteiger partial charge in [-0.15, -0.1) is 0 Å². The van der Waals surface area contributed by atoms with Crippen molar-refractivity contribution in [3.05, 3.63) is 0 Å². The Labute approximate surface area is 108 Å². The highest BCUT2D eigenvalue weighted by atomic mass is 15.2. The van der Waals surface area contributed by atoms with Crippen LogP contribution in [0, 0.1) is 0 Å². The third-order valence-electron chi connectivity index (χ3n) is 3.44. The van der Waals surface area contributed by atoms with Gasteiger partial charge in [0.05, 0.1) is 0 Å². The lowest BCUT2D eigenvalue weighted by molar-refractivity contribution is 0.123. The summed E-state index contributed by atoms with van der Waals surface area (Å²) in [6, 6.07) is 1.15. The minimum absolute atomic E-state index is 0.557. The first-order valence-corrected chi connectivity index (χ1v) is 7.17. The predicted octanol–water partition coefficient (Wildman–Crippen LogP) is 2.17. The van der Waals surface area contributed by atoms with E-state index in [1.165, 1.54) is 25.7 Å². The molecule has 0 aromatic carbocycles. The van der Waals surface area contributed by atoms with E-state index in [1.807, 2.05) is 0 Å². The van der Waals surface area contributed by atoms with Crippen LogP contribution in [0.15, 0.2) is 0 Å². The van der Waals surface area contributed by atoms with Crippen LogP contribution in [0.2, 0.25) is 0 Å². The number of hydrogen-bond acceptors (Lipinski definition) is 3. The first-order valence-electron chi connectivity index (χ1n) is 7.17. The second kappa shape index (κ2) is 9.86. The zero-order valence-corrected chi connectivity index (χ0v) is 12.6. The summed E-state index contributed by atoms with van der Waals surface area (Å²) in [5.74, 6) is 0. The van der Waals surface area contributed by atoms with E-state index in [0.717, 1.165) is 19.6 Å². The molecule has 0 saturated carbocycles. The summed E-state index contributed by atoms with van der Waals surface area (Å²) < 4.78 is 0. The highest BCUT2D eigenvalue weighted by Crippen LogP contribution is 2.13. The van der Waals surface area contributed by atoms with Crippen molar-refractivity contribution in [1.29, 1.82) is 0 Å². The van der Waals surface area contributed by atoms with Gasteiger partial charge in [-0.3, -0.25) is 4.90 Å². The maximum atomic E-state index is 5.94. The van der Waals surface area contributed by atoms with Crippen LogP contribution in [0.1, 0.15) is 46.5 Å². The van der Waals surface area contributed by atoms with Gasteiger partial charge in [0.25, 0.3) is 0 Å². The second-order valence-electron chi connectivity index (χ2n) is 5.33. The predicted molar refractivity (Wildman–Crippen MR) is 77.4 cm³/mol. The average molecular weight is 243 g/mol. The Morgan fingerprint density at radius 3 is 2.18 bits per heavy atom. The van der Waals surface area contributed by atoms with Crippen LogP contribution in [-0.4, -0.2) is 55.6 Å². The third-order valence-corrected chi connectivity index (χ3v) is 3.44. The lowest BCUT2D eigenvalue weighted by Gasteiger charge is -2.36. The number of hydrogen-bond donors (Lipinski definition) is 1. The van der Waals surface area contributed by atoms with Gasteiger partial charge in [0, 0.05) is 25.2 Å². The molecule has 0 rings (SSSR count). The SMILES string of the molecule is CCCCCC(CN)N(CC)C(C)CN(C)C. The molecule has 2 unspecified atom stereocenters. The Hall–Kier alpha value is -0.120. The third kappa shape index (κ3) is 7.02.